The van der Waals surface area contributed by atoms with Gasteiger partial charge in [-0.15, -0.1) is 10.2 Å². The molecule has 1 N–H and O–H groups in total. The summed E-state index contributed by atoms with van der Waals surface area (Å²) in [6.45, 7) is 2.76. The molecule has 0 spiro atoms. The van der Waals surface area contributed by atoms with Crippen molar-refractivity contribution in [2.75, 3.05) is 6.54 Å². The molecular formula is C16H15N7O. The quantitative estimate of drug-likeness (QED) is 0.735. The van der Waals surface area contributed by atoms with Gasteiger partial charge in [-0.3, -0.25) is 9.36 Å². The fourth-order valence-corrected chi connectivity index (χ4v) is 3.78. The first-order chi connectivity index (χ1) is 11.7. The molecule has 120 valence electrons. The van der Waals surface area contributed by atoms with Crippen LogP contribution in [0.25, 0.3) is 17.2 Å². The van der Waals surface area contributed by atoms with Crippen molar-refractivity contribution in [2.45, 2.75) is 25.8 Å². The Morgan fingerprint density at radius 1 is 1.33 bits per heavy atom. The van der Waals surface area contributed by atoms with Crippen molar-refractivity contribution in [3.63, 3.8) is 0 Å². The van der Waals surface area contributed by atoms with Gasteiger partial charge in [0.2, 0.25) is 5.82 Å². The molecule has 3 aromatic rings. The molecular weight excluding hydrogens is 306 g/mol. The molecule has 0 bridgehead atoms. The summed E-state index contributed by atoms with van der Waals surface area (Å²) >= 11 is 0. The molecule has 0 radical (unpaired) electrons. The maximum Gasteiger partial charge on any atom is 0.256 e. The van der Waals surface area contributed by atoms with E-state index in [1.54, 1.807) is 6.33 Å². The number of aromatic amines is 1. The van der Waals surface area contributed by atoms with Crippen LogP contribution < -0.4 is 0 Å². The van der Waals surface area contributed by atoms with E-state index >= 15 is 0 Å². The summed E-state index contributed by atoms with van der Waals surface area (Å²) in [5, 5.41) is 14.3. The Kier molecular flexibility index (Phi) is 2.64. The number of carbonyl (C=O) groups excluding carboxylic acids is 1. The number of tetrazole rings is 1. The molecule has 1 saturated heterocycles. The Labute approximate surface area is 137 Å². The summed E-state index contributed by atoms with van der Waals surface area (Å²) in [5.41, 5.74) is 4.29. The van der Waals surface area contributed by atoms with Crippen LogP contribution >= 0.6 is 0 Å². The van der Waals surface area contributed by atoms with Gasteiger partial charge < -0.3 is 4.90 Å². The predicted octanol–water partition coefficient (Wildman–Crippen LogP) is 1.65. The number of aryl methyl sites for hydroxylation is 1. The fourth-order valence-electron chi connectivity index (χ4n) is 3.78. The molecule has 0 aliphatic carbocycles. The third-order valence-corrected chi connectivity index (χ3v) is 4.83. The van der Waals surface area contributed by atoms with Gasteiger partial charge in [-0.1, -0.05) is 11.6 Å². The van der Waals surface area contributed by atoms with E-state index < -0.39 is 0 Å². The van der Waals surface area contributed by atoms with E-state index in [1.165, 1.54) is 0 Å². The van der Waals surface area contributed by atoms with Crippen LogP contribution in [-0.4, -0.2) is 47.5 Å². The number of amides is 1. The van der Waals surface area contributed by atoms with Crippen LogP contribution in [0.1, 0.15) is 40.5 Å². The smallest absolute Gasteiger partial charge is 0.256 e. The van der Waals surface area contributed by atoms with Crippen LogP contribution in [0.4, 0.5) is 0 Å². The van der Waals surface area contributed by atoms with E-state index in [0.717, 1.165) is 41.9 Å². The summed E-state index contributed by atoms with van der Waals surface area (Å²) < 4.78 is 2.01. The van der Waals surface area contributed by atoms with Gasteiger partial charge in [0.05, 0.1) is 23.0 Å². The van der Waals surface area contributed by atoms with Crippen molar-refractivity contribution in [3.05, 3.63) is 41.3 Å². The number of rotatable bonds is 1. The van der Waals surface area contributed by atoms with E-state index in [4.69, 9.17) is 0 Å². The van der Waals surface area contributed by atoms with E-state index in [9.17, 15) is 4.79 Å². The lowest BCUT2D eigenvalue weighted by atomic mass is 10.1. The topological polar surface area (TPSA) is 92.6 Å². The first-order valence-electron chi connectivity index (χ1n) is 7.97. The van der Waals surface area contributed by atoms with Crippen LogP contribution in [0.2, 0.25) is 0 Å². The van der Waals surface area contributed by atoms with Gasteiger partial charge in [0.25, 0.3) is 5.91 Å². The van der Waals surface area contributed by atoms with Crippen molar-refractivity contribution in [3.8, 4) is 17.2 Å². The summed E-state index contributed by atoms with van der Waals surface area (Å²) in [7, 11) is 0. The van der Waals surface area contributed by atoms with Crippen molar-refractivity contribution in [2.24, 2.45) is 0 Å². The number of aromatic nitrogens is 6. The van der Waals surface area contributed by atoms with Crippen molar-refractivity contribution in [1.82, 2.24) is 35.1 Å². The monoisotopic (exact) mass is 321 g/mol. The van der Waals surface area contributed by atoms with Crippen LogP contribution in [-0.2, 0) is 0 Å². The second-order valence-electron chi connectivity index (χ2n) is 6.26. The molecule has 5 rings (SSSR count). The lowest BCUT2D eigenvalue weighted by Crippen LogP contribution is -2.29. The summed E-state index contributed by atoms with van der Waals surface area (Å²) in [6, 6.07) is 5.94. The van der Waals surface area contributed by atoms with E-state index in [2.05, 4.69) is 25.6 Å². The zero-order valence-corrected chi connectivity index (χ0v) is 13.1. The number of fused-ring (bicyclic) bond motifs is 5. The molecule has 2 aromatic heterocycles. The standard InChI is InChI=1S/C16H15N7O/c1-9-4-5-11-10(7-9)16(24)22-6-2-3-12(22)14-13(17-8-23(11)14)15-18-20-21-19-15/h4-5,7-8,12H,2-3,6H2,1H3,(H,18,19,20,21)/t12-/m0/s1. The van der Waals surface area contributed by atoms with Crippen LogP contribution in [0, 0.1) is 6.92 Å². The Balaban J connectivity index is 1.82. The maximum absolute atomic E-state index is 13.1. The Hall–Kier alpha value is -3.03. The molecule has 1 aromatic carbocycles. The summed E-state index contributed by atoms with van der Waals surface area (Å²) in [6.07, 6.45) is 3.65. The molecule has 0 saturated carbocycles. The van der Waals surface area contributed by atoms with Gasteiger partial charge in [-0.25, -0.2) is 4.98 Å². The molecule has 8 nitrogen and oxygen atoms in total. The first kappa shape index (κ1) is 13.4. The van der Waals surface area contributed by atoms with Gasteiger partial charge in [-0.2, -0.15) is 5.21 Å². The second-order valence-corrected chi connectivity index (χ2v) is 6.26. The molecule has 24 heavy (non-hydrogen) atoms. The molecule has 1 amide bonds. The van der Waals surface area contributed by atoms with Crippen molar-refractivity contribution >= 4 is 5.91 Å². The minimum atomic E-state index is -0.0128. The molecule has 2 aliphatic rings. The lowest BCUT2D eigenvalue weighted by molar-refractivity contribution is 0.0739. The van der Waals surface area contributed by atoms with Crippen LogP contribution in [0.5, 0.6) is 0 Å². The van der Waals surface area contributed by atoms with Gasteiger partial charge in [0.15, 0.2) is 0 Å². The Morgan fingerprint density at radius 2 is 2.25 bits per heavy atom. The van der Waals surface area contributed by atoms with E-state index in [1.807, 2.05) is 34.6 Å². The van der Waals surface area contributed by atoms with Crippen LogP contribution in [0.15, 0.2) is 24.5 Å². The summed E-state index contributed by atoms with van der Waals surface area (Å²) in [4.78, 5) is 19.6. The fraction of sp³-hybridized carbons (Fsp3) is 0.312. The van der Waals surface area contributed by atoms with Gasteiger partial charge in [0.1, 0.15) is 12.0 Å². The molecule has 0 unspecified atom stereocenters. The number of benzene rings is 1. The van der Waals surface area contributed by atoms with E-state index in [0.29, 0.717) is 11.5 Å². The third-order valence-electron chi connectivity index (χ3n) is 4.83. The predicted molar refractivity (Wildman–Crippen MR) is 84.5 cm³/mol. The number of nitrogens with one attached hydrogen (secondary N) is 1. The number of hydrogen-bond donors (Lipinski definition) is 1. The number of hydrogen-bond acceptors (Lipinski definition) is 5. The zero-order valence-electron chi connectivity index (χ0n) is 13.1. The largest absolute Gasteiger partial charge is 0.330 e. The number of imidazole rings is 1. The van der Waals surface area contributed by atoms with Crippen LogP contribution in [0.3, 0.4) is 0 Å². The lowest BCUT2D eigenvalue weighted by Gasteiger charge is -2.22. The average Bonchev–Trinajstić information content (AvgIpc) is 3.31. The number of nitrogens with zero attached hydrogens (tertiary/aromatic N) is 6. The normalized spacial score (nSPS) is 19.0. The second kappa shape index (κ2) is 4.73. The van der Waals surface area contributed by atoms with Crippen molar-refractivity contribution in [1.29, 1.82) is 0 Å². The minimum absolute atomic E-state index is 0.0128. The van der Waals surface area contributed by atoms with Gasteiger partial charge >= 0.3 is 0 Å². The number of carbonyl (C=O) groups is 1. The molecule has 2 aliphatic heterocycles. The zero-order chi connectivity index (χ0) is 16.3. The Bertz CT molecular complexity index is 943. The first-order valence-corrected chi connectivity index (χ1v) is 7.97. The highest BCUT2D eigenvalue weighted by Crippen LogP contribution is 2.41. The van der Waals surface area contributed by atoms with E-state index in [-0.39, 0.29) is 11.9 Å². The average molecular weight is 321 g/mol. The highest BCUT2D eigenvalue weighted by molar-refractivity contribution is 5.99. The molecule has 4 heterocycles. The van der Waals surface area contributed by atoms with Gasteiger partial charge in [0, 0.05) is 6.54 Å². The minimum Gasteiger partial charge on any atom is -0.330 e. The van der Waals surface area contributed by atoms with Crippen molar-refractivity contribution < 1.29 is 4.79 Å². The number of H-pyrrole nitrogens is 1. The summed E-state index contributed by atoms with van der Waals surface area (Å²) in [5.74, 6) is 0.539. The highest BCUT2D eigenvalue weighted by Gasteiger charge is 2.39. The highest BCUT2D eigenvalue weighted by atomic mass is 16.2. The Morgan fingerprint density at radius 3 is 3.08 bits per heavy atom. The molecule has 1 fully saturated rings. The van der Waals surface area contributed by atoms with Gasteiger partial charge in [-0.05, 0) is 37.1 Å². The molecule has 1 atom stereocenters. The SMILES string of the molecule is Cc1ccc2c(c1)C(=O)N1CCC[C@H]1c1c(-c3nn[nH]n3)ncn1-2. The molecule has 8 heteroatoms. The maximum atomic E-state index is 13.1. The third kappa shape index (κ3) is 1.70.